The van der Waals surface area contributed by atoms with E-state index >= 15 is 0 Å². The Hall–Kier alpha value is -0.810. The Morgan fingerprint density at radius 2 is 2.14 bits per heavy atom. The zero-order valence-corrected chi connectivity index (χ0v) is 9.64. The predicted molar refractivity (Wildman–Crippen MR) is 60.9 cm³/mol. The number of thioether (sulfide) groups is 1. The molecule has 5 heteroatoms. The van der Waals surface area contributed by atoms with E-state index in [2.05, 4.69) is 9.97 Å². The summed E-state index contributed by atoms with van der Waals surface area (Å²) in [5.74, 6) is 0.750. The van der Waals surface area contributed by atoms with Gasteiger partial charge in [-0.15, -0.1) is 11.8 Å². The van der Waals surface area contributed by atoms with E-state index in [1.165, 1.54) is 0 Å². The quantitative estimate of drug-likeness (QED) is 0.590. The van der Waals surface area contributed by atoms with E-state index in [1.807, 2.05) is 31.3 Å². The minimum atomic E-state index is 0.623. The van der Waals surface area contributed by atoms with Gasteiger partial charge in [0.05, 0.1) is 0 Å². The van der Waals surface area contributed by atoms with Gasteiger partial charge >= 0.3 is 0 Å². The maximum Gasteiger partial charge on any atom is 0.226 e. The second-order valence-electron chi connectivity index (χ2n) is 3.13. The smallest absolute Gasteiger partial charge is 0.226 e. The summed E-state index contributed by atoms with van der Waals surface area (Å²) in [5, 5.41) is 0.993. The van der Waals surface area contributed by atoms with Crippen molar-refractivity contribution in [2.75, 3.05) is 31.8 Å². The van der Waals surface area contributed by atoms with E-state index < -0.39 is 0 Å². The molecule has 4 nitrogen and oxygen atoms in total. The van der Waals surface area contributed by atoms with Crippen molar-refractivity contribution in [2.45, 2.75) is 11.4 Å². The lowest BCUT2D eigenvalue weighted by atomic mass is 10.3. The molecule has 1 aromatic rings. The summed E-state index contributed by atoms with van der Waals surface area (Å²) in [6, 6.07) is 1.99. The van der Waals surface area contributed by atoms with Crippen molar-refractivity contribution >= 4 is 17.7 Å². The summed E-state index contributed by atoms with van der Waals surface area (Å²) in [5.41, 5.74) is 6.51. The Kier molecular flexibility index (Phi) is 4.16. The largest absolute Gasteiger partial charge is 0.347 e. The monoisotopic (exact) mass is 212 g/mol. The Bertz CT molecular complexity index is 301. The van der Waals surface area contributed by atoms with Gasteiger partial charge in [-0.25, -0.2) is 9.97 Å². The molecule has 1 rings (SSSR count). The van der Waals surface area contributed by atoms with Crippen molar-refractivity contribution in [3.8, 4) is 0 Å². The van der Waals surface area contributed by atoms with Crippen molar-refractivity contribution in [1.82, 2.24) is 9.97 Å². The van der Waals surface area contributed by atoms with E-state index in [0.717, 1.165) is 23.1 Å². The zero-order valence-electron chi connectivity index (χ0n) is 8.82. The number of nitrogens with zero attached hydrogens (tertiary/aromatic N) is 3. The molecule has 0 aromatic carbocycles. The highest BCUT2D eigenvalue weighted by molar-refractivity contribution is 7.98. The fourth-order valence-electron chi connectivity index (χ4n) is 1.04. The molecule has 0 aliphatic heterocycles. The van der Waals surface area contributed by atoms with Crippen LogP contribution in [0.3, 0.4) is 0 Å². The minimum absolute atomic E-state index is 0.623. The van der Waals surface area contributed by atoms with Gasteiger partial charge in [-0.1, -0.05) is 0 Å². The predicted octanol–water partition coefficient (Wildman–Crippen LogP) is 0.766. The lowest BCUT2D eigenvalue weighted by Gasteiger charge is -2.12. The standard InChI is InChI=1S/C9H16N4S/c1-13(2)9-11-7(4-5-10)6-8(12-9)14-3/h6H,4-5,10H2,1-3H3. The molecule has 2 N–H and O–H groups in total. The van der Waals surface area contributed by atoms with E-state index in [4.69, 9.17) is 5.73 Å². The van der Waals surface area contributed by atoms with Crippen LogP contribution in [0.2, 0.25) is 0 Å². The number of hydrogen-bond donors (Lipinski definition) is 1. The molecule has 0 spiro atoms. The third-order valence-electron chi connectivity index (χ3n) is 1.75. The Morgan fingerprint density at radius 3 is 2.64 bits per heavy atom. The summed E-state index contributed by atoms with van der Waals surface area (Å²) in [4.78, 5) is 10.7. The van der Waals surface area contributed by atoms with Gasteiger partial charge < -0.3 is 10.6 Å². The molecule has 0 radical (unpaired) electrons. The highest BCUT2D eigenvalue weighted by Gasteiger charge is 2.04. The fourth-order valence-corrected chi connectivity index (χ4v) is 1.47. The van der Waals surface area contributed by atoms with Gasteiger partial charge in [0.15, 0.2) is 0 Å². The van der Waals surface area contributed by atoms with Crippen molar-refractivity contribution in [1.29, 1.82) is 0 Å². The lowest BCUT2D eigenvalue weighted by Crippen LogP contribution is -2.15. The third kappa shape index (κ3) is 2.85. The van der Waals surface area contributed by atoms with Gasteiger partial charge in [0.25, 0.3) is 0 Å². The molecular weight excluding hydrogens is 196 g/mol. The first kappa shape index (κ1) is 11.3. The van der Waals surface area contributed by atoms with Crippen LogP contribution in [-0.4, -0.2) is 36.9 Å². The van der Waals surface area contributed by atoms with E-state index in [-0.39, 0.29) is 0 Å². The first-order valence-corrected chi connectivity index (χ1v) is 5.69. The highest BCUT2D eigenvalue weighted by Crippen LogP contribution is 2.16. The minimum Gasteiger partial charge on any atom is -0.347 e. The maximum absolute atomic E-state index is 5.50. The molecule has 14 heavy (non-hydrogen) atoms. The molecule has 0 aliphatic carbocycles. The lowest BCUT2D eigenvalue weighted by molar-refractivity contribution is 0.863. The van der Waals surface area contributed by atoms with Crippen LogP contribution in [0.25, 0.3) is 0 Å². The van der Waals surface area contributed by atoms with Gasteiger partial charge in [-0.3, -0.25) is 0 Å². The molecule has 0 bridgehead atoms. The average Bonchev–Trinajstić information content (AvgIpc) is 2.17. The van der Waals surface area contributed by atoms with Crippen LogP contribution in [0.4, 0.5) is 5.95 Å². The van der Waals surface area contributed by atoms with Crippen LogP contribution in [-0.2, 0) is 6.42 Å². The molecule has 0 fully saturated rings. The van der Waals surface area contributed by atoms with Gasteiger partial charge in [0, 0.05) is 26.2 Å². The zero-order chi connectivity index (χ0) is 10.6. The topological polar surface area (TPSA) is 55.0 Å². The maximum atomic E-state index is 5.50. The van der Waals surface area contributed by atoms with Gasteiger partial charge in [0.2, 0.25) is 5.95 Å². The molecule has 0 unspecified atom stereocenters. The summed E-state index contributed by atoms with van der Waals surface area (Å²) in [7, 11) is 3.87. The highest BCUT2D eigenvalue weighted by atomic mass is 32.2. The van der Waals surface area contributed by atoms with E-state index in [9.17, 15) is 0 Å². The molecule has 1 heterocycles. The molecule has 0 saturated heterocycles. The van der Waals surface area contributed by atoms with Crippen molar-refractivity contribution in [2.24, 2.45) is 5.73 Å². The molecule has 0 amide bonds. The molecule has 78 valence electrons. The Balaban J connectivity index is 3.00. The van der Waals surface area contributed by atoms with Gasteiger partial charge in [0.1, 0.15) is 5.03 Å². The summed E-state index contributed by atoms with van der Waals surface area (Å²) >= 11 is 1.62. The average molecular weight is 212 g/mol. The van der Waals surface area contributed by atoms with Crippen LogP contribution in [0, 0.1) is 0 Å². The van der Waals surface area contributed by atoms with E-state index in [0.29, 0.717) is 6.54 Å². The molecular formula is C9H16N4S. The number of aromatic nitrogens is 2. The van der Waals surface area contributed by atoms with Crippen molar-refractivity contribution in [3.63, 3.8) is 0 Å². The van der Waals surface area contributed by atoms with Gasteiger partial charge in [-0.05, 0) is 18.9 Å². The normalized spacial score (nSPS) is 10.3. The summed E-state index contributed by atoms with van der Waals surface area (Å²) in [6.45, 7) is 0.623. The van der Waals surface area contributed by atoms with Crippen molar-refractivity contribution < 1.29 is 0 Å². The first-order valence-electron chi connectivity index (χ1n) is 4.46. The Morgan fingerprint density at radius 1 is 1.43 bits per heavy atom. The number of nitrogens with two attached hydrogens (primary N) is 1. The van der Waals surface area contributed by atoms with Crippen LogP contribution in [0.1, 0.15) is 5.69 Å². The Labute approximate surface area is 88.9 Å². The summed E-state index contributed by atoms with van der Waals surface area (Å²) in [6.07, 6.45) is 2.81. The molecule has 0 atom stereocenters. The number of anilines is 1. The van der Waals surface area contributed by atoms with Crippen LogP contribution < -0.4 is 10.6 Å². The first-order chi connectivity index (χ1) is 6.67. The molecule has 1 aromatic heterocycles. The molecule has 0 saturated carbocycles. The van der Waals surface area contributed by atoms with Crippen LogP contribution >= 0.6 is 11.8 Å². The third-order valence-corrected chi connectivity index (χ3v) is 2.38. The SMILES string of the molecule is CSc1cc(CCN)nc(N(C)C)n1. The van der Waals surface area contributed by atoms with Crippen molar-refractivity contribution in [3.05, 3.63) is 11.8 Å². The number of rotatable bonds is 4. The van der Waals surface area contributed by atoms with Crippen LogP contribution in [0.5, 0.6) is 0 Å². The molecule has 0 aliphatic rings. The fraction of sp³-hybridized carbons (Fsp3) is 0.556. The van der Waals surface area contributed by atoms with Crippen LogP contribution in [0.15, 0.2) is 11.1 Å². The van der Waals surface area contributed by atoms with E-state index in [1.54, 1.807) is 11.8 Å². The second kappa shape index (κ2) is 5.17. The second-order valence-corrected chi connectivity index (χ2v) is 3.96. The van der Waals surface area contributed by atoms with Gasteiger partial charge in [-0.2, -0.15) is 0 Å². The summed E-state index contributed by atoms with van der Waals surface area (Å²) < 4.78 is 0. The number of hydrogen-bond acceptors (Lipinski definition) is 5.